The van der Waals surface area contributed by atoms with Crippen LogP contribution in [0.1, 0.15) is 5.56 Å². The zero-order valence-electron chi connectivity index (χ0n) is 15.3. The van der Waals surface area contributed by atoms with E-state index < -0.39 is 14.9 Å². The number of halogens is 1. The van der Waals surface area contributed by atoms with Gasteiger partial charge in [0.1, 0.15) is 0 Å². The molecule has 152 valence electrons. The van der Waals surface area contributed by atoms with E-state index in [4.69, 9.17) is 0 Å². The summed E-state index contributed by atoms with van der Waals surface area (Å²) in [4.78, 5) is 24.1. The lowest BCUT2D eigenvalue weighted by molar-refractivity contribution is -0.385. The number of nitro benzene ring substituents is 1. The standard InChI is InChI=1S/C19H18BrN3O5S/c20-18-7-2-1-4-15(18)8-9-19(24)21-10-12-22(13-11-21)29(27,28)17-6-3-5-16(14-17)23(25)26/h1-9,14H,10-13H2/b9-8+. The summed E-state index contributed by atoms with van der Waals surface area (Å²) in [5, 5.41) is 10.9. The molecule has 0 bridgehead atoms. The second-order valence-corrected chi connectivity index (χ2v) is 9.13. The van der Waals surface area contributed by atoms with Crippen LogP contribution in [0, 0.1) is 10.1 Å². The number of rotatable bonds is 5. The number of hydrogen-bond donors (Lipinski definition) is 0. The maximum Gasteiger partial charge on any atom is 0.270 e. The first-order valence-corrected chi connectivity index (χ1v) is 11.0. The second-order valence-electron chi connectivity index (χ2n) is 6.34. The van der Waals surface area contributed by atoms with E-state index >= 15 is 0 Å². The molecule has 8 nitrogen and oxygen atoms in total. The molecule has 0 radical (unpaired) electrons. The highest BCUT2D eigenvalue weighted by atomic mass is 79.9. The molecule has 2 aromatic rings. The zero-order chi connectivity index (χ0) is 21.0. The summed E-state index contributed by atoms with van der Waals surface area (Å²) in [5.74, 6) is -0.201. The number of piperazine rings is 1. The number of nitro groups is 1. The number of non-ortho nitro benzene ring substituents is 1. The summed E-state index contributed by atoms with van der Waals surface area (Å²) < 4.78 is 27.7. The van der Waals surface area contributed by atoms with E-state index in [2.05, 4.69) is 15.9 Å². The fourth-order valence-corrected chi connectivity index (χ4v) is 4.81. The molecule has 0 spiro atoms. The van der Waals surface area contributed by atoms with Gasteiger partial charge in [-0.1, -0.05) is 40.2 Å². The van der Waals surface area contributed by atoms with Crippen LogP contribution in [0.2, 0.25) is 0 Å². The van der Waals surface area contributed by atoms with E-state index in [1.54, 1.807) is 11.0 Å². The van der Waals surface area contributed by atoms with Crippen molar-refractivity contribution >= 4 is 43.6 Å². The molecule has 0 N–H and O–H groups in total. The maximum atomic E-state index is 12.8. The summed E-state index contributed by atoms with van der Waals surface area (Å²) in [6.07, 6.45) is 3.17. The molecule has 2 aromatic carbocycles. The highest BCUT2D eigenvalue weighted by Crippen LogP contribution is 2.22. The Balaban J connectivity index is 1.65. The Kier molecular flexibility index (Phi) is 6.46. The van der Waals surface area contributed by atoms with Crippen LogP contribution in [-0.2, 0) is 14.8 Å². The number of sulfonamides is 1. The summed E-state index contributed by atoms with van der Waals surface area (Å²) in [5.41, 5.74) is 0.588. The number of hydrogen-bond acceptors (Lipinski definition) is 5. The van der Waals surface area contributed by atoms with Crippen molar-refractivity contribution < 1.29 is 18.1 Å². The molecule has 0 unspecified atom stereocenters. The number of nitrogens with zero attached hydrogens (tertiary/aromatic N) is 3. The number of carbonyl (C=O) groups excluding carboxylic acids is 1. The Hall–Kier alpha value is -2.56. The third kappa shape index (κ3) is 4.89. The van der Waals surface area contributed by atoms with Crippen LogP contribution in [0.5, 0.6) is 0 Å². The molecule has 0 aliphatic carbocycles. The van der Waals surface area contributed by atoms with Gasteiger partial charge in [-0.3, -0.25) is 14.9 Å². The van der Waals surface area contributed by atoms with Crippen LogP contribution in [-0.4, -0.2) is 54.6 Å². The van der Waals surface area contributed by atoms with E-state index in [0.717, 1.165) is 16.1 Å². The van der Waals surface area contributed by atoms with Crippen LogP contribution in [0.25, 0.3) is 6.08 Å². The second kappa shape index (κ2) is 8.85. The molecule has 1 amide bonds. The highest BCUT2D eigenvalue weighted by molar-refractivity contribution is 9.10. The zero-order valence-corrected chi connectivity index (χ0v) is 17.7. The third-order valence-electron chi connectivity index (χ3n) is 4.53. The minimum Gasteiger partial charge on any atom is -0.337 e. The van der Waals surface area contributed by atoms with Crippen molar-refractivity contribution in [1.29, 1.82) is 0 Å². The lowest BCUT2D eigenvalue weighted by atomic mass is 10.2. The van der Waals surface area contributed by atoms with Gasteiger partial charge in [0, 0.05) is 48.9 Å². The molecule has 3 rings (SSSR count). The topological polar surface area (TPSA) is 101 Å². The molecule has 0 saturated carbocycles. The lowest BCUT2D eigenvalue weighted by Gasteiger charge is -2.33. The van der Waals surface area contributed by atoms with E-state index in [1.165, 1.54) is 28.6 Å². The molecule has 0 aromatic heterocycles. The van der Waals surface area contributed by atoms with Gasteiger partial charge in [0.2, 0.25) is 15.9 Å². The average Bonchev–Trinajstić information content (AvgIpc) is 2.73. The summed E-state index contributed by atoms with van der Waals surface area (Å²) in [6.45, 7) is 0.736. The normalized spacial score (nSPS) is 15.6. The first kappa shape index (κ1) is 21.2. The third-order valence-corrected chi connectivity index (χ3v) is 7.14. The predicted octanol–water partition coefficient (Wildman–Crippen LogP) is 2.90. The fraction of sp³-hybridized carbons (Fsp3) is 0.211. The van der Waals surface area contributed by atoms with Gasteiger partial charge in [0.15, 0.2) is 0 Å². The van der Waals surface area contributed by atoms with Gasteiger partial charge in [-0.05, 0) is 23.8 Å². The van der Waals surface area contributed by atoms with E-state index in [1.807, 2.05) is 24.3 Å². The minimum absolute atomic E-state index is 0.125. The molecule has 1 aliphatic rings. The monoisotopic (exact) mass is 479 g/mol. The molecule has 29 heavy (non-hydrogen) atoms. The van der Waals surface area contributed by atoms with Crippen LogP contribution < -0.4 is 0 Å². The van der Waals surface area contributed by atoms with Gasteiger partial charge < -0.3 is 4.90 Å². The SMILES string of the molecule is O=C(/C=C/c1ccccc1Br)N1CCN(S(=O)(=O)c2cccc([N+](=O)[O-])c2)CC1. The van der Waals surface area contributed by atoms with Gasteiger partial charge in [-0.2, -0.15) is 4.31 Å². The van der Waals surface area contributed by atoms with Crippen molar-refractivity contribution in [3.8, 4) is 0 Å². The van der Waals surface area contributed by atoms with E-state index in [-0.39, 0.29) is 42.7 Å². The molecular weight excluding hydrogens is 462 g/mol. The molecule has 1 saturated heterocycles. The summed E-state index contributed by atoms with van der Waals surface area (Å²) in [7, 11) is -3.86. The molecule has 1 aliphatic heterocycles. The number of carbonyl (C=O) groups is 1. The first-order chi connectivity index (χ1) is 13.8. The average molecular weight is 480 g/mol. The minimum atomic E-state index is -3.86. The largest absolute Gasteiger partial charge is 0.337 e. The Morgan fingerprint density at radius 2 is 1.76 bits per heavy atom. The van der Waals surface area contributed by atoms with Gasteiger partial charge in [0.05, 0.1) is 9.82 Å². The summed E-state index contributed by atoms with van der Waals surface area (Å²) in [6, 6.07) is 12.5. The van der Waals surface area contributed by atoms with Gasteiger partial charge >= 0.3 is 0 Å². The Labute approximate surface area is 176 Å². The van der Waals surface area contributed by atoms with Crippen molar-refractivity contribution in [1.82, 2.24) is 9.21 Å². The van der Waals surface area contributed by atoms with Crippen LogP contribution >= 0.6 is 15.9 Å². The Morgan fingerprint density at radius 1 is 1.07 bits per heavy atom. The van der Waals surface area contributed by atoms with Gasteiger partial charge in [-0.15, -0.1) is 0 Å². The van der Waals surface area contributed by atoms with Crippen molar-refractivity contribution in [2.75, 3.05) is 26.2 Å². The fourth-order valence-electron chi connectivity index (χ4n) is 2.93. The molecule has 1 fully saturated rings. The van der Waals surface area contributed by atoms with Crippen molar-refractivity contribution in [3.05, 3.63) is 74.8 Å². The summed E-state index contributed by atoms with van der Waals surface area (Å²) >= 11 is 3.42. The smallest absolute Gasteiger partial charge is 0.270 e. The first-order valence-electron chi connectivity index (χ1n) is 8.75. The van der Waals surface area contributed by atoms with E-state index in [0.29, 0.717) is 0 Å². The molecular formula is C19H18BrN3O5S. The molecule has 1 heterocycles. The van der Waals surface area contributed by atoms with Crippen LogP contribution in [0.3, 0.4) is 0 Å². The van der Waals surface area contributed by atoms with Crippen molar-refractivity contribution in [2.24, 2.45) is 0 Å². The van der Waals surface area contributed by atoms with Gasteiger partial charge in [0.25, 0.3) is 5.69 Å². The molecule has 10 heteroatoms. The van der Waals surface area contributed by atoms with Crippen molar-refractivity contribution in [3.63, 3.8) is 0 Å². The van der Waals surface area contributed by atoms with Crippen molar-refractivity contribution in [2.45, 2.75) is 4.90 Å². The van der Waals surface area contributed by atoms with Crippen LogP contribution in [0.4, 0.5) is 5.69 Å². The Bertz CT molecular complexity index is 1060. The highest BCUT2D eigenvalue weighted by Gasteiger charge is 2.30. The molecule has 0 atom stereocenters. The Morgan fingerprint density at radius 3 is 2.41 bits per heavy atom. The number of benzene rings is 2. The predicted molar refractivity (Wildman–Crippen MR) is 112 cm³/mol. The quantitative estimate of drug-likeness (QED) is 0.372. The lowest BCUT2D eigenvalue weighted by Crippen LogP contribution is -2.50. The van der Waals surface area contributed by atoms with Crippen LogP contribution in [0.15, 0.2) is 64.0 Å². The number of amides is 1. The van der Waals surface area contributed by atoms with Gasteiger partial charge in [-0.25, -0.2) is 8.42 Å². The van der Waals surface area contributed by atoms with E-state index in [9.17, 15) is 23.3 Å². The maximum absolute atomic E-state index is 12.8.